The zero-order valence-electron chi connectivity index (χ0n) is 12.6. The Balaban J connectivity index is 2.27. The van der Waals surface area contributed by atoms with Crippen LogP contribution in [0.15, 0.2) is 29.2 Å². The van der Waals surface area contributed by atoms with Crippen LogP contribution < -0.4 is 5.73 Å². The highest BCUT2D eigenvalue weighted by Crippen LogP contribution is 2.25. The molecule has 3 unspecified atom stereocenters. The fraction of sp³-hybridized carbons (Fsp3) is 0.600. The normalized spacial score (nSPS) is 25.7. The van der Waals surface area contributed by atoms with Gasteiger partial charge in [0.25, 0.3) is 0 Å². The molecule has 0 amide bonds. The molecule has 6 heteroatoms. The highest BCUT2D eigenvalue weighted by atomic mass is 32.2. The number of aliphatic hydroxyl groups excluding tert-OH is 1. The summed E-state index contributed by atoms with van der Waals surface area (Å²) in [5, 5.41) is 9.91. The molecule has 5 nitrogen and oxygen atoms in total. The fourth-order valence-electron chi connectivity index (χ4n) is 2.53. The second-order valence-corrected chi connectivity index (χ2v) is 7.72. The van der Waals surface area contributed by atoms with E-state index >= 15 is 0 Å². The van der Waals surface area contributed by atoms with Crippen LogP contribution in [0, 0.1) is 5.92 Å². The Labute approximate surface area is 126 Å². The van der Waals surface area contributed by atoms with Gasteiger partial charge in [0.2, 0.25) is 10.0 Å². The fourth-order valence-corrected chi connectivity index (χ4v) is 4.06. The van der Waals surface area contributed by atoms with Gasteiger partial charge in [0, 0.05) is 19.1 Å². The van der Waals surface area contributed by atoms with Gasteiger partial charge in [-0.25, -0.2) is 8.42 Å². The van der Waals surface area contributed by atoms with Crippen molar-refractivity contribution in [3.05, 3.63) is 29.8 Å². The van der Waals surface area contributed by atoms with Gasteiger partial charge in [-0.15, -0.1) is 0 Å². The number of β-amino-alcohol motifs (C(OH)–C–C–N with tert-alkyl or cyclic N) is 1. The minimum atomic E-state index is -3.56. The Morgan fingerprint density at radius 3 is 2.81 bits per heavy atom. The average molecular weight is 312 g/mol. The third kappa shape index (κ3) is 3.45. The van der Waals surface area contributed by atoms with Crippen LogP contribution in [0.1, 0.15) is 38.3 Å². The number of hydrogen-bond donors (Lipinski definition) is 2. The van der Waals surface area contributed by atoms with Gasteiger partial charge in [-0.1, -0.05) is 26.0 Å². The summed E-state index contributed by atoms with van der Waals surface area (Å²) in [6.45, 7) is 4.52. The Hall–Kier alpha value is -0.950. The number of hydrogen-bond acceptors (Lipinski definition) is 4. The standard InChI is InChI=1S/C15H24N2O3S/c1-3-14(16)12-5-4-6-13(9-12)21(19,20)17-8-7-11(2)15(18)10-17/h4-6,9,11,14-15,18H,3,7-8,10,16H2,1-2H3. The lowest BCUT2D eigenvalue weighted by Crippen LogP contribution is -2.45. The van der Waals surface area contributed by atoms with Gasteiger partial charge in [-0.3, -0.25) is 0 Å². The zero-order chi connectivity index (χ0) is 15.6. The Kier molecular flexibility index (Phi) is 5.03. The summed E-state index contributed by atoms with van der Waals surface area (Å²) in [5.41, 5.74) is 6.80. The van der Waals surface area contributed by atoms with E-state index < -0.39 is 16.1 Å². The van der Waals surface area contributed by atoms with Crippen molar-refractivity contribution in [3.63, 3.8) is 0 Å². The molecule has 0 spiro atoms. The van der Waals surface area contributed by atoms with Crippen molar-refractivity contribution in [2.45, 2.75) is 43.7 Å². The second kappa shape index (κ2) is 6.44. The number of nitrogens with zero attached hydrogens (tertiary/aromatic N) is 1. The predicted molar refractivity (Wildman–Crippen MR) is 82.2 cm³/mol. The molecule has 0 radical (unpaired) electrons. The van der Waals surface area contributed by atoms with E-state index in [4.69, 9.17) is 5.73 Å². The van der Waals surface area contributed by atoms with Crippen LogP contribution in [-0.2, 0) is 10.0 Å². The molecular formula is C15H24N2O3S. The lowest BCUT2D eigenvalue weighted by Gasteiger charge is -2.33. The lowest BCUT2D eigenvalue weighted by atomic mass is 9.98. The summed E-state index contributed by atoms with van der Waals surface area (Å²) >= 11 is 0. The highest BCUT2D eigenvalue weighted by molar-refractivity contribution is 7.89. The number of benzene rings is 1. The summed E-state index contributed by atoms with van der Waals surface area (Å²) in [6.07, 6.45) is 0.826. The maximum atomic E-state index is 12.7. The van der Waals surface area contributed by atoms with Crippen LogP contribution in [-0.4, -0.2) is 37.0 Å². The van der Waals surface area contributed by atoms with Crippen LogP contribution in [0.5, 0.6) is 0 Å². The zero-order valence-corrected chi connectivity index (χ0v) is 13.4. The number of nitrogens with two attached hydrogens (primary N) is 1. The monoisotopic (exact) mass is 312 g/mol. The first-order chi connectivity index (χ1) is 9.86. The van der Waals surface area contributed by atoms with Gasteiger partial charge in [0.15, 0.2) is 0 Å². The molecule has 0 aromatic heterocycles. The van der Waals surface area contributed by atoms with Crippen molar-refractivity contribution >= 4 is 10.0 Å². The highest BCUT2D eigenvalue weighted by Gasteiger charge is 2.32. The van der Waals surface area contributed by atoms with Crippen LogP contribution in [0.2, 0.25) is 0 Å². The van der Waals surface area contributed by atoms with E-state index in [0.29, 0.717) is 13.0 Å². The molecule has 118 valence electrons. The maximum absolute atomic E-state index is 12.7. The largest absolute Gasteiger partial charge is 0.391 e. The first-order valence-electron chi connectivity index (χ1n) is 7.40. The minimum absolute atomic E-state index is 0.135. The number of sulfonamides is 1. The Morgan fingerprint density at radius 2 is 2.19 bits per heavy atom. The molecule has 1 fully saturated rings. The Bertz CT molecular complexity index is 588. The predicted octanol–water partition coefficient (Wildman–Crippen LogP) is 1.49. The van der Waals surface area contributed by atoms with Gasteiger partial charge >= 0.3 is 0 Å². The lowest BCUT2D eigenvalue weighted by molar-refractivity contribution is 0.0605. The molecular weight excluding hydrogens is 288 g/mol. The molecule has 2 rings (SSSR count). The molecule has 0 bridgehead atoms. The molecule has 0 aliphatic carbocycles. The molecule has 0 saturated carbocycles. The van der Waals surface area contributed by atoms with Crippen LogP contribution in [0.25, 0.3) is 0 Å². The smallest absolute Gasteiger partial charge is 0.243 e. The van der Waals surface area contributed by atoms with Gasteiger partial charge in [-0.05, 0) is 36.5 Å². The van der Waals surface area contributed by atoms with Crippen LogP contribution in [0.4, 0.5) is 0 Å². The summed E-state index contributed by atoms with van der Waals surface area (Å²) < 4.78 is 26.7. The molecule has 1 aliphatic rings. The van der Waals surface area contributed by atoms with Gasteiger partial charge in [0.1, 0.15) is 0 Å². The van der Waals surface area contributed by atoms with Crippen LogP contribution >= 0.6 is 0 Å². The first-order valence-corrected chi connectivity index (χ1v) is 8.84. The first kappa shape index (κ1) is 16.4. The number of rotatable bonds is 4. The Morgan fingerprint density at radius 1 is 1.48 bits per heavy atom. The molecule has 3 N–H and O–H groups in total. The van der Waals surface area contributed by atoms with Crippen molar-refractivity contribution < 1.29 is 13.5 Å². The van der Waals surface area contributed by atoms with Crippen LogP contribution in [0.3, 0.4) is 0 Å². The molecule has 1 aromatic rings. The minimum Gasteiger partial charge on any atom is -0.391 e. The van der Waals surface area contributed by atoms with Crippen molar-refractivity contribution in [3.8, 4) is 0 Å². The van der Waals surface area contributed by atoms with Gasteiger partial charge in [0.05, 0.1) is 11.0 Å². The molecule has 1 aliphatic heterocycles. The average Bonchev–Trinajstić information content (AvgIpc) is 2.49. The summed E-state index contributed by atoms with van der Waals surface area (Å²) in [5.74, 6) is 0.135. The van der Waals surface area contributed by atoms with Gasteiger partial charge < -0.3 is 10.8 Å². The van der Waals surface area contributed by atoms with E-state index in [-0.39, 0.29) is 23.4 Å². The molecule has 21 heavy (non-hydrogen) atoms. The maximum Gasteiger partial charge on any atom is 0.243 e. The van der Waals surface area contributed by atoms with Gasteiger partial charge in [-0.2, -0.15) is 4.31 Å². The van der Waals surface area contributed by atoms with E-state index in [1.165, 1.54) is 4.31 Å². The molecule has 3 atom stereocenters. The number of aliphatic hydroxyl groups is 1. The second-order valence-electron chi connectivity index (χ2n) is 5.78. The molecule has 1 aromatic carbocycles. The van der Waals surface area contributed by atoms with E-state index in [9.17, 15) is 13.5 Å². The molecule has 1 saturated heterocycles. The third-order valence-corrected chi connectivity index (χ3v) is 6.11. The van der Waals surface area contributed by atoms with Crippen molar-refractivity contribution in [2.75, 3.05) is 13.1 Å². The van der Waals surface area contributed by atoms with E-state index in [0.717, 1.165) is 12.0 Å². The van der Waals surface area contributed by atoms with Crippen molar-refractivity contribution in [2.24, 2.45) is 11.7 Å². The molecule has 1 heterocycles. The van der Waals surface area contributed by atoms with Crippen molar-refractivity contribution in [1.82, 2.24) is 4.31 Å². The summed E-state index contributed by atoms with van der Waals surface area (Å²) in [4.78, 5) is 0.255. The topological polar surface area (TPSA) is 83.6 Å². The van der Waals surface area contributed by atoms with E-state index in [1.807, 2.05) is 19.9 Å². The third-order valence-electron chi connectivity index (χ3n) is 4.25. The SMILES string of the molecule is CCC(N)c1cccc(S(=O)(=O)N2CCC(C)C(O)C2)c1. The quantitative estimate of drug-likeness (QED) is 0.882. The number of piperidine rings is 1. The van der Waals surface area contributed by atoms with E-state index in [1.54, 1.807) is 18.2 Å². The summed E-state index contributed by atoms with van der Waals surface area (Å²) in [6, 6.07) is 6.65. The summed E-state index contributed by atoms with van der Waals surface area (Å²) in [7, 11) is -3.56. The van der Waals surface area contributed by atoms with E-state index in [2.05, 4.69) is 0 Å². The van der Waals surface area contributed by atoms with Crippen molar-refractivity contribution in [1.29, 1.82) is 0 Å².